The number of primary amides is 1. The summed E-state index contributed by atoms with van der Waals surface area (Å²) in [7, 11) is 0. The number of carbonyl (C=O) groups excluding carboxylic acids is 2. The van der Waals surface area contributed by atoms with Crippen molar-refractivity contribution in [1.29, 1.82) is 0 Å². The molecule has 0 saturated carbocycles. The van der Waals surface area contributed by atoms with Gasteiger partial charge in [-0.2, -0.15) is 0 Å². The van der Waals surface area contributed by atoms with Gasteiger partial charge in [0.1, 0.15) is 0 Å². The molecule has 0 unspecified atom stereocenters. The number of carboxylic acid groups (broad SMARTS) is 1. The van der Waals surface area contributed by atoms with E-state index in [1.54, 1.807) is 0 Å². The van der Waals surface area contributed by atoms with Crippen LogP contribution in [0, 0.1) is 0 Å². The number of hydrogen-bond acceptors (Lipinski definition) is 3. The van der Waals surface area contributed by atoms with Crippen LogP contribution < -0.4 is 11.1 Å². The number of hydrogen-bond donors (Lipinski definition) is 3. The largest absolute Gasteiger partial charge is 0.481 e. The van der Waals surface area contributed by atoms with E-state index in [0.29, 0.717) is 0 Å². The van der Waals surface area contributed by atoms with E-state index in [-0.39, 0.29) is 41.4 Å². The van der Waals surface area contributed by atoms with Crippen LogP contribution in [0.4, 0.5) is 5.69 Å². The summed E-state index contributed by atoms with van der Waals surface area (Å²) in [6.07, 6.45) is 0.209. The van der Waals surface area contributed by atoms with Crippen molar-refractivity contribution in [2.45, 2.75) is 19.3 Å². The Balaban J connectivity index is 2.65. The lowest BCUT2D eigenvalue weighted by molar-refractivity contribution is -0.137. The fraction of sp³-hybridized carbons (Fsp3) is 0.250. The predicted octanol–water partition coefficient (Wildman–Crippen LogP) is 1.63. The minimum Gasteiger partial charge on any atom is -0.481 e. The molecule has 0 fully saturated rings. The van der Waals surface area contributed by atoms with Crippen molar-refractivity contribution in [2.75, 3.05) is 5.32 Å². The van der Waals surface area contributed by atoms with E-state index in [1.165, 1.54) is 18.2 Å². The van der Waals surface area contributed by atoms with Crippen molar-refractivity contribution in [2.24, 2.45) is 5.73 Å². The van der Waals surface area contributed by atoms with E-state index in [9.17, 15) is 14.4 Å². The van der Waals surface area contributed by atoms with Crippen LogP contribution in [0.3, 0.4) is 0 Å². The van der Waals surface area contributed by atoms with Gasteiger partial charge in [0.2, 0.25) is 11.8 Å². The Bertz CT molecular complexity index is 516. The summed E-state index contributed by atoms with van der Waals surface area (Å²) in [5, 5.41) is 11.2. The molecule has 0 aliphatic carbocycles. The Morgan fingerprint density at radius 2 is 1.95 bits per heavy atom. The van der Waals surface area contributed by atoms with Crippen LogP contribution >= 0.6 is 11.6 Å². The first-order valence-electron chi connectivity index (χ1n) is 5.51. The lowest BCUT2D eigenvalue weighted by Crippen LogP contribution is -2.14. The van der Waals surface area contributed by atoms with E-state index >= 15 is 0 Å². The lowest BCUT2D eigenvalue weighted by Gasteiger charge is -2.08. The van der Waals surface area contributed by atoms with Gasteiger partial charge in [0.05, 0.1) is 10.7 Å². The minimum atomic E-state index is -0.957. The molecule has 0 aliphatic rings. The Morgan fingerprint density at radius 1 is 1.26 bits per heavy atom. The second-order valence-corrected chi connectivity index (χ2v) is 4.26. The molecule has 0 radical (unpaired) electrons. The number of carboxylic acids is 1. The number of anilines is 1. The Labute approximate surface area is 114 Å². The number of benzene rings is 1. The standard InChI is InChI=1S/C12H13ClN2O4/c13-8-5-4-7(12(14)19)6-9(8)15-10(16)2-1-3-11(17)18/h4-6H,1-3H2,(H2,14,19)(H,15,16)(H,17,18). The third-order valence-corrected chi connectivity index (χ3v) is 2.65. The van der Waals surface area contributed by atoms with Crippen LogP contribution in [0.25, 0.3) is 0 Å². The summed E-state index contributed by atoms with van der Waals surface area (Å²) in [4.78, 5) is 32.9. The first-order chi connectivity index (χ1) is 8.90. The highest BCUT2D eigenvalue weighted by molar-refractivity contribution is 6.33. The summed E-state index contributed by atoms with van der Waals surface area (Å²) in [5.41, 5.74) is 5.62. The van der Waals surface area contributed by atoms with Crippen LogP contribution in [-0.2, 0) is 9.59 Å². The minimum absolute atomic E-state index is 0.0590. The van der Waals surface area contributed by atoms with Gasteiger partial charge in [-0.3, -0.25) is 14.4 Å². The molecule has 1 rings (SSSR count). The molecule has 1 aromatic carbocycles. The molecule has 2 amide bonds. The van der Waals surface area contributed by atoms with Gasteiger partial charge in [0.25, 0.3) is 0 Å². The monoisotopic (exact) mass is 284 g/mol. The lowest BCUT2D eigenvalue weighted by atomic mass is 10.2. The maximum atomic E-state index is 11.5. The van der Waals surface area contributed by atoms with Gasteiger partial charge >= 0.3 is 5.97 Å². The van der Waals surface area contributed by atoms with Gasteiger partial charge in [0.15, 0.2) is 0 Å². The van der Waals surface area contributed by atoms with Crippen LogP contribution in [0.15, 0.2) is 18.2 Å². The summed E-state index contributed by atoms with van der Waals surface area (Å²) >= 11 is 5.87. The maximum Gasteiger partial charge on any atom is 0.303 e. The summed E-state index contributed by atoms with van der Waals surface area (Å²) in [6, 6.07) is 4.28. The van der Waals surface area contributed by atoms with E-state index in [4.69, 9.17) is 22.4 Å². The number of rotatable bonds is 6. The third-order valence-electron chi connectivity index (χ3n) is 2.32. The highest BCUT2D eigenvalue weighted by Gasteiger charge is 2.09. The molecule has 0 aromatic heterocycles. The molecular formula is C12H13ClN2O4. The van der Waals surface area contributed by atoms with Gasteiger partial charge in [-0.25, -0.2) is 0 Å². The Kier molecular flexibility index (Phi) is 5.32. The van der Waals surface area contributed by atoms with Gasteiger partial charge in [-0.05, 0) is 24.6 Å². The zero-order valence-electron chi connectivity index (χ0n) is 9.98. The molecule has 6 nitrogen and oxygen atoms in total. The quantitative estimate of drug-likeness (QED) is 0.737. The topological polar surface area (TPSA) is 109 Å². The van der Waals surface area contributed by atoms with Crippen LogP contribution in [0.5, 0.6) is 0 Å². The molecular weight excluding hydrogens is 272 g/mol. The van der Waals surface area contributed by atoms with E-state index in [2.05, 4.69) is 5.32 Å². The Hall–Kier alpha value is -2.08. The smallest absolute Gasteiger partial charge is 0.303 e. The molecule has 0 aliphatic heterocycles. The number of amides is 2. The Morgan fingerprint density at radius 3 is 2.53 bits per heavy atom. The molecule has 7 heteroatoms. The average molecular weight is 285 g/mol. The van der Waals surface area contributed by atoms with Crippen molar-refractivity contribution in [3.05, 3.63) is 28.8 Å². The predicted molar refractivity (Wildman–Crippen MR) is 70.1 cm³/mol. The molecule has 0 spiro atoms. The van der Waals surface area contributed by atoms with Gasteiger partial charge in [-0.1, -0.05) is 11.6 Å². The average Bonchev–Trinajstić information content (AvgIpc) is 2.31. The van der Waals surface area contributed by atoms with E-state index < -0.39 is 11.9 Å². The maximum absolute atomic E-state index is 11.5. The van der Waals surface area contributed by atoms with Crippen molar-refractivity contribution in [3.8, 4) is 0 Å². The zero-order chi connectivity index (χ0) is 14.4. The van der Waals surface area contributed by atoms with Crippen LogP contribution in [-0.4, -0.2) is 22.9 Å². The summed E-state index contributed by atoms with van der Waals surface area (Å²) in [5.74, 6) is -1.95. The molecule has 4 N–H and O–H groups in total. The number of halogens is 1. The van der Waals surface area contributed by atoms with Gasteiger partial charge in [-0.15, -0.1) is 0 Å². The second-order valence-electron chi connectivity index (χ2n) is 3.85. The fourth-order valence-corrected chi connectivity index (χ4v) is 1.55. The highest BCUT2D eigenvalue weighted by atomic mass is 35.5. The number of carbonyl (C=O) groups is 3. The molecule has 102 valence electrons. The van der Waals surface area contributed by atoms with Crippen molar-refractivity contribution in [3.63, 3.8) is 0 Å². The van der Waals surface area contributed by atoms with Crippen molar-refractivity contribution >= 4 is 35.1 Å². The first-order valence-corrected chi connectivity index (χ1v) is 5.89. The SMILES string of the molecule is NC(=O)c1ccc(Cl)c(NC(=O)CCCC(=O)O)c1. The summed E-state index contributed by atoms with van der Waals surface area (Å²) in [6.45, 7) is 0. The molecule has 0 atom stereocenters. The molecule has 0 heterocycles. The fourth-order valence-electron chi connectivity index (χ4n) is 1.39. The van der Waals surface area contributed by atoms with Gasteiger partial charge in [0, 0.05) is 18.4 Å². The zero-order valence-corrected chi connectivity index (χ0v) is 10.7. The highest BCUT2D eigenvalue weighted by Crippen LogP contribution is 2.23. The normalized spacial score (nSPS) is 9.95. The number of nitrogens with one attached hydrogen (secondary N) is 1. The second kappa shape index (κ2) is 6.75. The number of nitrogens with two attached hydrogens (primary N) is 1. The van der Waals surface area contributed by atoms with Crippen LogP contribution in [0.2, 0.25) is 5.02 Å². The molecule has 0 saturated heterocycles. The van der Waals surface area contributed by atoms with Gasteiger partial charge < -0.3 is 16.2 Å². The van der Waals surface area contributed by atoms with Crippen molar-refractivity contribution in [1.82, 2.24) is 0 Å². The van der Waals surface area contributed by atoms with Crippen LogP contribution in [0.1, 0.15) is 29.6 Å². The molecule has 19 heavy (non-hydrogen) atoms. The van der Waals surface area contributed by atoms with E-state index in [0.717, 1.165) is 0 Å². The van der Waals surface area contributed by atoms with Crippen molar-refractivity contribution < 1.29 is 19.5 Å². The number of aliphatic carboxylic acids is 1. The summed E-state index contributed by atoms with van der Waals surface area (Å²) < 4.78 is 0. The molecule has 1 aromatic rings. The van der Waals surface area contributed by atoms with E-state index in [1.807, 2.05) is 0 Å². The first kappa shape index (κ1) is 15.0. The third kappa shape index (κ3) is 4.97. The molecule has 0 bridgehead atoms.